The van der Waals surface area contributed by atoms with Crippen LogP contribution in [0.3, 0.4) is 0 Å². The fourth-order valence-corrected chi connectivity index (χ4v) is 3.38. The quantitative estimate of drug-likeness (QED) is 0.714. The van der Waals surface area contributed by atoms with Crippen molar-refractivity contribution in [2.75, 3.05) is 19.0 Å². The second kappa shape index (κ2) is 5.97. The molecule has 2 rings (SSSR count). The van der Waals surface area contributed by atoms with Crippen LogP contribution in [-0.4, -0.2) is 14.1 Å². The van der Waals surface area contributed by atoms with Crippen molar-refractivity contribution in [3.63, 3.8) is 0 Å². The Morgan fingerprint density at radius 3 is 2.22 bits per heavy atom. The molecule has 0 fully saturated rings. The van der Waals surface area contributed by atoms with Crippen molar-refractivity contribution in [1.29, 1.82) is 0 Å². The van der Waals surface area contributed by atoms with Crippen LogP contribution >= 0.6 is 34.4 Å². The van der Waals surface area contributed by atoms with E-state index in [4.69, 9.17) is 0 Å². The summed E-state index contributed by atoms with van der Waals surface area (Å²) in [7, 11) is 4.15. The second-order valence-electron chi connectivity index (χ2n) is 4.45. The number of rotatable bonds is 3. The molecule has 2 aromatic carbocycles. The number of halogens is 1. The van der Waals surface area contributed by atoms with E-state index in [9.17, 15) is 0 Å². The Kier molecular flexibility index (Phi) is 4.56. The summed E-state index contributed by atoms with van der Waals surface area (Å²) in [5, 5.41) is 0. The van der Waals surface area contributed by atoms with Gasteiger partial charge in [-0.25, -0.2) is 0 Å². The van der Waals surface area contributed by atoms with Crippen molar-refractivity contribution in [2.45, 2.75) is 16.7 Å². The molecule has 0 bridgehead atoms. The molecule has 0 radical (unpaired) electrons. The van der Waals surface area contributed by atoms with E-state index in [0.29, 0.717) is 0 Å². The first-order valence-electron chi connectivity index (χ1n) is 5.77. The van der Waals surface area contributed by atoms with Crippen molar-refractivity contribution in [3.8, 4) is 0 Å². The zero-order valence-electron chi connectivity index (χ0n) is 10.8. The average Bonchev–Trinajstić information content (AvgIpc) is 2.31. The maximum Gasteiger partial charge on any atom is 0.0382 e. The minimum atomic E-state index is 1.25. The van der Waals surface area contributed by atoms with Crippen molar-refractivity contribution < 1.29 is 0 Å². The van der Waals surface area contributed by atoms with Gasteiger partial charge in [-0.3, -0.25) is 0 Å². The maximum absolute atomic E-state index is 2.37. The summed E-state index contributed by atoms with van der Waals surface area (Å²) in [6.07, 6.45) is 0. The van der Waals surface area contributed by atoms with Gasteiger partial charge in [0.25, 0.3) is 0 Å². The Morgan fingerprint density at radius 1 is 0.944 bits per heavy atom. The Bertz CT molecular complexity index is 535. The summed E-state index contributed by atoms with van der Waals surface area (Å²) >= 11 is 4.18. The average molecular weight is 369 g/mol. The van der Waals surface area contributed by atoms with Crippen LogP contribution in [0.15, 0.2) is 52.3 Å². The van der Waals surface area contributed by atoms with E-state index < -0.39 is 0 Å². The van der Waals surface area contributed by atoms with Gasteiger partial charge in [-0.1, -0.05) is 29.5 Å². The van der Waals surface area contributed by atoms with Gasteiger partial charge in [-0.2, -0.15) is 0 Å². The number of nitrogens with zero attached hydrogens (tertiary/aromatic N) is 1. The highest BCUT2D eigenvalue weighted by molar-refractivity contribution is 14.1. The zero-order valence-corrected chi connectivity index (χ0v) is 13.7. The lowest BCUT2D eigenvalue weighted by Crippen LogP contribution is -2.08. The third-order valence-electron chi connectivity index (χ3n) is 2.63. The minimum Gasteiger partial charge on any atom is -0.378 e. The summed E-state index contributed by atoms with van der Waals surface area (Å²) in [6.45, 7) is 2.12. The van der Waals surface area contributed by atoms with Crippen LogP contribution in [0.4, 0.5) is 5.69 Å². The molecule has 94 valence electrons. The predicted molar refractivity (Wildman–Crippen MR) is 88.8 cm³/mol. The van der Waals surface area contributed by atoms with Crippen LogP contribution in [0, 0.1) is 10.5 Å². The molecular weight excluding hydrogens is 353 g/mol. The highest BCUT2D eigenvalue weighted by Gasteiger charge is 2.03. The largest absolute Gasteiger partial charge is 0.378 e. The van der Waals surface area contributed by atoms with Crippen LogP contribution in [-0.2, 0) is 0 Å². The molecule has 0 aromatic heterocycles. The fraction of sp³-hybridized carbons (Fsp3) is 0.200. The molecule has 0 amide bonds. The lowest BCUT2D eigenvalue weighted by Gasteiger charge is -2.14. The van der Waals surface area contributed by atoms with Crippen molar-refractivity contribution in [2.24, 2.45) is 0 Å². The van der Waals surface area contributed by atoms with E-state index in [-0.39, 0.29) is 0 Å². The van der Waals surface area contributed by atoms with E-state index in [1.807, 2.05) is 11.8 Å². The SMILES string of the molecule is Cc1ccc(Sc2cc(I)cc(N(C)C)c2)cc1. The summed E-state index contributed by atoms with van der Waals surface area (Å²) in [5.74, 6) is 0. The van der Waals surface area contributed by atoms with Crippen LogP contribution in [0.1, 0.15) is 5.56 Å². The molecule has 2 aromatic rings. The van der Waals surface area contributed by atoms with E-state index in [0.717, 1.165) is 0 Å². The lowest BCUT2D eigenvalue weighted by atomic mass is 10.2. The number of hydrogen-bond acceptors (Lipinski definition) is 2. The minimum absolute atomic E-state index is 1.25. The van der Waals surface area contributed by atoms with Crippen molar-refractivity contribution in [1.82, 2.24) is 0 Å². The van der Waals surface area contributed by atoms with Gasteiger partial charge in [0, 0.05) is 33.1 Å². The summed E-state index contributed by atoms with van der Waals surface area (Å²) in [6, 6.07) is 15.3. The lowest BCUT2D eigenvalue weighted by molar-refractivity contribution is 1.12. The molecule has 0 aliphatic rings. The van der Waals surface area contributed by atoms with Gasteiger partial charge in [0.2, 0.25) is 0 Å². The van der Waals surface area contributed by atoms with Gasteiger partial charge in [-0.05, 0) is 59.8 Å². The van der Waals surface area contributed by atoms with Gasteiger partial charge < -0.3 is 4.90 Å². The number of benzene rings is 2. The van der Waals surface area contributed by atoms with Crippen LogP contribution in [0.5, 0.6) is 0 Å². The molecule has 0 unspecified atom stereocenters. The number of anilines is 1. The topological polar surface area (TPSA) is 3.24 Å². The van der Waals surface area contributed by atoms with Gasteiger partial charge in [0.05, 0.1) is 0 Å². The van der Waals surface area contributed by atoms with Crippen molar-refractivity contribution in [3.05, 3.63) is 51.6 Å². The molecule has 3 heteroatoms. The molecule has 18 heavy (non-hydrogen) atoms. The second-order valence-corrected chi connectivity index (χ2v) is 6.85. The van der Waals surface area contributed by atoms with E-state index >= 15 is 0 Å². The summed E-state index contributed by atoms with van der Waals surface area (Å²) in [5.41, 5.74) is 2.55. The van der Waals surface area contributed by atoms with E-state index in [2.05, 4.69) is 91.0 Å². The highest BCUT2D eigenvalue weighted by atomic mass is 127. The smallest absolute Gasteiger partial charge is 0.0382 e. The monoisotopic (exact) mass is 369 g/mol. The Morgan fingerprint density at radius 2 is 1.61 bits per heavy atom. The standard InChI is InChI=1S/C15H16INS/c1-11-4-6-14(7-5-11)18-15-9-12(16)8-13(10-15)17(2)3/h4-10H,1-3H3. The molecule has 0 aliphatic heterocycles. The summed E-state index contributed by atoms with van der Waals surface area (Å²) in [4.78, 5) is 4.71. The fourth-order valence-electron chi connectivity index (χ4n) is 1.61. The molecule has 0 heterocycles. The van der Waals surface area contributed by atoms with E-state index in [1.165, 1.54) is 24.6 Å². The van der Waals surface area contributed by atoms with Crippen molar-refractivity contribution >= 4 is 40.0 Å². The van der Waals surface area contributed by atoms with Gasteiger partial charge in [-0.15, -0.1) is 0 Å². The number of aryl methyl sites for hydroxylation is 1. The van der Waals surface area contributed by atoms with Gasteiger partial charge in [0.15, 0.2) is 0 Å². The first kappa shape index (κ1) is 13.7. The van der Waals surface area contributed by atoms with Gasteiger partial charge in [0.1, 0.15) is 0 Å². The van der Waals surface area contributed by atoms with E-state index in [1.54, 1.807) is 0 Å². The molecule has 0 N–H and O–H groups in total. The van der Waals surface area contributed by atoms with Crippen LogP contribution < -0.4 is 4.90 Å². The highest BCUT2D eigenvalue weighted by Crippen LogP contribution is 2.31. The van der Waals surface area contributed by atoms with Gasteiger partial charge >= 0.3 is 0 Å². The Labute approximate surface area is 127 Å². The molecule has 1 nitrogen and oxygen atoms in total. The number of hydrogen-bond donors (Lipinski definition) is 0. The molecule has 0 atom stereocenters. The first-order chi connectivity index (χ1) is 8.54. The van der Waals surface area contributed by atoms with Crippen LogP contribution in [0.25, 0.3) is 0 Å². The Balaban J connectivity index is 2.26. The third kappa shape index (κ3) is 3.65. The molecule has 0 saturated carbocycles. The third-order valence-corrected chi connectivity index (χ3v) is 4.23. The predicted octanol–water partition coefficient (Wildman–Crippen LogP) is 4.82. The molecular formula is C15H16INS. The molecule has 0 spiro atoms. The zero-order chi connectivity index (χ0) is 13.1. The van der Waals surface area contributed by atoms with Crippen LogP contribution in [0.2, 0.25) is 0 Å². The molecule has 0 saturated heterocycles. The maximum atomic E-state index is 2.37. The first-order valence-corrected chi connectivity index (χ1v) is 7.66. The molecule has 0 aliphatic carbocycles. The Hall–Kier alpha value is -0.680. The normalized spacial score (nSPS) is 10.4. The summed E-state index contributed by atoms with van der Waals surface area (Å²) < 4.78 is 1.27.